The second kappa shape index (κ2) is 8.98. The van der Waals surface area contributed by atoms with Gasteiger partial charge in [-0.2, -0.15) is 5.10 Å². The van der Waals surface area contributed by atoms with E-state index in [1.807, 2.05) is 60.0 Å². The minimum atomic E-state index is 0.0873. The monoisotopic (exact) mass is 423 g/mol. The van der Waals surface area contributed by atoms with Crippen molar-refractivity contribution < 1.29 is 4.79 Å². The average molecular weight is 424 g/mol. The number of piperazine rings is 1. The van der Waals surface area contributed by atoms with Crippen molar-refractivity contribution in [2.24, 2.45) is 0 Å². The molecule has 156 valence electrons. The van der Waals surface area contributed by atoms with Crippen LogP contribution in [-0.2, 0) is 13.1 Å². The smallest absolute Gasteiger partial charge is 0.253 e. The van der Waals surface area contributed by atoms with Crippen molar-refractivity contribution in [2.45, 2.75) is 26.9 Å². The highest BCUT2D eigenvalue weighted by molar-refractivity contribution is 6.31. The van der Waals surface area contributed by atoms with Crippen LogP contribution in [0.15, 0.2) is 48.8 Å². The summed E-state index contributed by atoms with van der Waals surface area (Å²) in [6.45, 7) is 8.53. The van der Waals surface area contributed by atoms with Crippen molar-refractivity contribution in [1.29, 1.82) is 0 Å². The van der Waals surface area contributed by atoms with E-state index < -0.39 is 0 Å². The van der Waals surface area contributed by atoms with Crippen LogP contribution in [0.2, 0.25) is 5.02 Å². The fourth-order valence-corrected chi connectivity index (χ4v) is 3.98. The van der Waals surface area contributed by atoms with Gasteiger partial charge >= 0.3 is 0 Å². The number of rotatable bonds is 5. The lowest BCUT2D eigenvalue weighted by Gasteiger charge is -2.34. The SMILES string of the molecule is Cc1nn(Cc2cccc(C(=O)N3CCN(Cc4cccnc4)CC3)c2)c(C)c1Cl. The summed E-state index contributed by atoms with van der Waals surface area (Å²) in [4.78, 5) is 21.5. The minimum Gasteiger partial charge on any atom is -0.336 e. The normalized spacial score (nSPS) is 14.8. The van der Waals surface area contributed by atoms with Crippen LogP contribution in [0.4, 0.5) is 0 Å². The third-order valence-electron chi connectivity index (χ3n) is 5.59. The zero-order valence-electron chi connectivity index (χ0n) is 17.4. The number of nitrogens with zero attached hydrogens (tertiary/aromatic N) is 5. The molecule has 30 heavy (non-hydrogen) atoms. The molecule has 0 aliphatic carbocycles. The Balaban J connectivity index is 1.38. The average Bonchev–Trinajstić information content (AvgIpc) is 3.01. The lowest BCUT2D eigenvalue weighted by molar-refractivity contribution is 0.0628. The number of carbonyl (C=O) groups is 1. The van der Waals surface area contributed by atoms with Crippen LogP contribution in [0.3, 0.4) is 0 Å². The third-order valence-corrected chi connectivity index (χ3v) is 6.13. The van der Waals surface area contributed by atoms with Gasteiger partial charge in [-0.3, -0.25) is 19.4 Å². The van der Waals surface area contributed by atoms with Gasteiger partial charge in [0.2, 0.25) is 0 Å². The molecule has 4 rings (SSSR count). The van der Waals surface area contributed by atoms with Crippen LogP contribution in [0.5, 0.6) is 0 Å². The van der Waals surface area contributed by atoms with Gasteiger partial charge in [0.05, 0.1) is 23.0 Å². The van der Waals surface area contributed by atoms with Crippen LogP contribution < -0.4 is 0 Å². The molecular formula is C23H26ClN5O. The number of aryl methyl sites for hydroxylation is 1. The maximum atomic E-state index is 13.0. The van der Waals surface area contributed by atoms with Crippen molar-refractivity contribution in [3.8, 4) is 0 Å². The molecule has 3 aromatic rings. The molecule has 0 spiro atoms. The minimum absolute atomic E-state index is 0.0873. The molecule has 1 saturated heterocycles. The summed E-state index contributed by atoms with van der Waals surface area (Å²) in [5, 5.41) is 5.19. The van der Waals surface area contributed by atoms with Gasteiger partial charge in [0, 0.05) is 50.7 Å². The number of aromatic nitrogens is 3. The molecule has 1 aliphatic rings. The molecule has 0 saturated carbocycles. The van der Waals surface area contributed by atoms with Crippen LogP contribution in [0.25, 0.3) is 0 Å². The quantitative estimate of drug-likeness (QED) is 0.629. The van der Waals surface area contributed by atoms with Crippen molar-refractivity contribution in [2.75, 3.05) is 26.2 Å². The number of pyridine rings is 1. The highest BCUT2D eigenvalue weighted by Gasteiger charge is 2.22. The Kier molecular flexibility index (Phi) is 6.16. The summed E-state index contributed by atoms with van der Waals surface area (Å²) in [6, 6.07) is 11.9. The molecule has 1 aromatic carbocycles. The lowest BCUT2D eigenvalue weighted by atomic mass is 10.1. The van der Waals surface area contributed by atoms with E-state index in [4.69, 9.17) is 11.6 Å². The van der Waals surface area contributed by atoms with E-state index in [1.54, 1.807) is 6.20 Å². The molecule has 2 aromatic heterocycles. The van der Waals surface area contributed by atoms with Gasteiger partial charge in [-0.15, -0.1) is 0 Å². The molecule has 0 atom stereocenters. The van der Waals surface area contributed by atoms with Crippen molar-refractivity contribution >= 4 is 17.5 Å². The predicted octanol–water partition coefficient (Wildman–Crippen LogP) is 3.55. The Morgan fingerprint density at radius 2 is 1.80 bits per heavy atom. The molecular weight excluding hydrogens is 398 g/mol. The van der Waals surface area contributed by atoms with Gasteiger partial charge in [-0.05, 0) is 43.2 Å². The Labute approximate surface area is 182 Å². The summed E-state index contributed by atoms with van der Waals surface area (Å²) >= 11 is 6.26. The maximum Gasteiger partial charge on any atom is 0.253 e. The van der Waals surface area contributed by atoms with E-state index in [0.29, 0.717) is 11.6 Å². The van der Waals surface area contributed by atoms with E-state index in [-0.39, 0.29) is 5.91 Å². The highest BCUT2D eigenvalue weighted by atomic mass is 35.5. The molecule has 0 radical (unpaired) electrons. The second-order valence-electron chi connectivity index (χ2n) is 7.77. The first-order chi connectivity index (χ1) is 14.5. The standard InChI is InChI=1S/C23H26ClN5O/c1-17-22(24)18(2)29(26-17)16-19-5-3-7-21(13-19)23(30)28-11-9-27(10-12-28)15-20-6-4-8-25-14-20/h3-8,13-14H,9-12,15-16H2,1-2H3. The number of hydrogen-bond donors (Lipinski definition) is 0. The van der Waals surface area contributed by atoms with E-state index in [9.17, 15) is 4.79 Å². The van der Waals surface area contributed by atoms with Gasteiger partial charge in [-0.1, -0.05) is 29.8 Å². The lowest BCUT2D eigenvalue weighted by Crippen LogP contribution is -2.48. The predicted molar refractivity (Wildman–Crippen MR) is 118 cm³/mol. The summed E-state index contributed by atoms with van der Waals surface area (Å²) in [6.07, 6.45) is 3.69. The zero-order chi connectivity index (χ0) is 21.1. The van der Waals surface area contributed by atoms with Gasteiger partial charge < -0.3 is 4.90 Å². The second-order valence-corrected chi connectivity index (χ2v) is 8.15. The summed E-state index contributed by atoms with van der Waals surface area (Å²) in [5.74, 6) is 0.0873. The van der Waals surface area contributed by atoms with Crippen molar-refractivity contribution in [3.05, 3.63) is 81.9 Å². The van der Waals surface area contributed by atoms with E-state index >= 15 is 0 Å². The number of benzene rings is 1. The molecule has 3 heterocycles. The molecule has 6 nitrogen and oxygen atoms in total. The number of hydrogen-bond acceptors (Lipinski definition) is 4. The Morgan fingerprint density at radius 3 is 2.47 bits per heavy atom. The highest BCUT2D eigenvalue weighted by Crippen LogP contribution is 2.20. The molecule has 7 heteroatoms. The van der Waals surface area contributed by atoms with Gasteiger partial charge in [0.25, 0.3) is 5.91 Å². The Morgan fingerprint density at radius 1 is 1.03 bits per heavy atom. The molecule has 0 unspecified atom stereocenters. The number of amides is 1. The third kappa shape index (κ3) is 4.55. The largest absolute Gasteiger partial charge is 0.336 e. The van der Waals surface area contributed by atoms with E-state index in [1.165, 1.54) is 5.56 Å². The fourth-order valence-electron chi connectivity index (χ4n) is 3.85. The van der Waals surface area contributed by atoms with Crippen LogP contribution in [0, 0.1) is 13.8 Å². The first kappa shape index (κ1) is 20.6. The first-order valence-corrected chi connectivity index (χ1v) is 10.6. The fraction of sp³-hybridized carbons (Fsp3) is 0.348. The number of halogens is 1. The van der Waals surface area contributed by atoms with Gasteiger partial charge in [-0.25, -0.2) is 0 Å². The molecule has 1 amide bonds. The Bertz CT molecular complexity index is 1030. The van der Waals surface area contributed by atoms with Gasteiger partial charge in [0.15, 0.2) is 0 Å². The first-order valence-electron chi connectivity index (χ1n) is 10.2. The van der Waals surface area contributed by atoms with Crippen LogP contribution in [-0.4, -0.2) is 56.7 Å². The van der Waals surface area contributed by atoms with Crippen molar-refractivity contribution in [1.82, 2.24) is 24.6 Å². The van der Waals surface area contributed by atoms with Crippen LogP contribution in [0.1, 0.15) is 32.9 Å². The molecule has 0 N–H and O–H groups in total. The topological polar surface area (TPSA) is 54.3 Å². The van der Waals surface area contributed by atoms with Crippen molar-refractivity contribution in [3.63, 3.8) is 0 Å². The zero-order valence-corrected chi connectivity index (χ0v) is 18.1. The summed E-state index contributed by atoms with van der Waals surface area (Å²) in [5.41, 5.74) is 4.73. The maximum absolute atomic E-state index is 13.0. The summed E-state index contributed by atoms with van der Waals surface area (Å²) in [7, 11) is 0. The number of carbonyl (C=O) groups excluding carboxylic acids is 1. The van der Waals surface area contributed by atoms with E-state index in [0.717, 1.165) is 55.2 Å². The molecule has 1 fully saturated rings. The molecule has 0 bridgehead atoms. The molecule has 1 aliphatic heterocycles. The van der Waals surface area contributed by atoms with Gasteiger partial charge in [0.1, 0.15) is 0 Å². The van der Waals surface area contributed by atoms with Crippen LogP contribution >= 0.6 is 11.6 Å². The summed E-state index contributed by atoms with van der Waals surface area (Å²) < 4.78 is 1.89. The Hall–Kier alpha value is -2.70. The van der Waals surface area contributed by atoms with E-state index in [2.05, 4.69) is 21.0 Å².